The Morgan fingerprint density at radius 3 is 1.79 bits per heavy atom. The Balaban J connectivity index is 2.09. The Morgan fingerprint density at radius 2 is 1.37 bits per heavy atom. The van der Waals surface area contributed by atoms with Crippen molar-refractivity contribution in [2.45, 2.75) is 84.1 Å². The van der Waals surface area contributed by atoms with E-state index in [9.17, 15) is 0 Å². The molecule has 0 bridgehead atoms. The third-order valence-corrected chi connectivity index (χ3v) is 4.32. The molecule has 1 N–H and O–H groups in total. The van der Waals surface area contributed by atoms with Gasteiger partial charge < -0.3 is 14.8 Å². The van der Waals surface area contributed by atoms with Crippen LogP contribution >= 0.6 is 0 Å². The zero-order chi connectivity index (χ0) is 14.4. The average Bonchev–Trinajstić information content (AvgIpc) is 2.19. The molecule has 2 fully saturated rings. The minimum absolute atomic E-state index is 0.0558. The first-order chi connectivity index (χ1) is 8.60. The first-order valence-corrected chi connectivity index (χ1v) is 7.67. The van der Waals surface area contributed by atoms with Gasteiger partial charge >= 0.3 is 0 Å². The second kappa shape index (κ2) is 4.71. The van der Waals surface area contributed by atoms with Crippen molar-refractivity contribution in [3.63, 3.8) is 0 Å². The Bertz CT molecular complexity index is 310. The van der Waals surface area contributed by atoms with Gasteiger partial charge in [-0.1, -0.05) is 20.3 Å². The van der Waals surface area contributed by atoms with Crippen molar-refractivity contribution in [1.29, 1.82) is 0 Å². The summed E-state index contributed by atoms with van der Waals surface area (Å²) in [4.78, 5) is 0. The molecule has 2 saturated heterocycles. The molecule has 2 heterocycles. The minimum Gasteiger partial charge on any atom is -0.349 e. The predicted octanol–water partition coefficient (Wildman–Crippen LogP) is 3.48. The third kappa shape index (κ3) is 3.50. The van der Waals surface area contributed by atoms with E-state index >= 15 is 0 Å². The SMILES string of the molecule is CCCC1(C)COC2(CC(C)(C)NC(C)(C)C2)OC1. The molecule has 2 aliphatic rings. The van der Waals surface area contributed by atoms with E-state index in [4.69, 9.17) is 9.47 Å². The highest BCUT2D eigenvalue weighted by Gasteiger charge is 2.52. The van der Waals surface area contributed by atoms with Gasteiger partial charge in [0.1, 0.15) is 0 Å². The number of rotatable bonds is 2. The van der Waals surface area contributed by atoms with Crippen LogP contribution in [0.2, 0.25) is 0 Å². The number of piperidine rings is 1. The highest BCUT2D eigenvalue weighted by molar-refractivity contribution is 5.02. The van der Waals surface area contributed by atoms with E-state index in [1.54, 1.807) is 0 Å². The van der Waals surface area contributed by atoms with E-state index in [0.717, 1.165) is 26.1 Å². The average molecular weight is 269 g/mol. The predicted molar refractivity (Wildman–Crippen MR) is 78.2 cm³/mol. The molecule has 0 amide bonds. The standard InChI is InChI=1S/C16H31NO2/c1-7-8-15(6)11-18-16(19-12-15)9-13(2,3)17-14(4,5)10-16/h17H,7-12H2,1-6H3. The number of nitrogens with one attached hydrogen (secondary N) is 1. The molecular weight excluding hydrogens is 238 g/mol. The van der Waals surface area contributed by atoms with Gasteiger partial charge in [-0.15, -0.1) is 0 Å². The molecule has 0 aromatic heterocycles. The molecule has 112 valence electrons. The normalized spacial score (nSPS) is 31.3. The van der Waals surface area contributed by atoms with Crippen molar-refractivity contribution in [2.75, 3.05) is 13.2 Å². The molecule has 0 unspecified atom stereocenters. The highest BCUT2D eigenvalue weighted by atomic mass is 16.7. The van der Waals surface area contributed by atoms with Gasteiger partial charge in [-0.3, -0.25) is 0 Å². The molecule has 2 rings (SSSR count). The number of hydrogen-bond donors (Lipinski definition) is 1. The van der Waals surface area contributed by atoms with E-state index in [0.29, 0.717) is 0 Å². The first-order valence-electron chi connectivity index (χ1n) is 7.67. The van der Waals surface area contributed by atoms with Crippen LogP contribution in [0.4, 0.5) is 0 Å². The van der Waals surface area contributed by atoms with Gasteiger partial charge in [0.15, 0.2) is 5.79 Å². The molecule has 0 radical (unpaired) electrons. The van der Waals surface area contributed by atoms with Crippen LogP contribution in [0.15, 0.2) is 0 Å². The lowest BCUT2D eigenvalue weighted by Crippen LogP contribution is -2.66. The van der Waals surface area contributed by atoms with Gasteiger partial charge in [-0.05, 0) is 34.1 Å². The van der Waals surface area contributed by atoms with E-state index in [1.165, 1.54) is 12.8 Å². The van der Waals surface area contributed by atoms with E-state index in [1.807, 2.05) is 0 Å². The van der Waals surface area contributed by atoms with Crippen LogP contribution in [0, 0.1) is 5.41 Å². The Kier molecular flexibility index (Phi) is 3.79. The Hall–Kier alpha value is -0.120. The molecule has 1 spiro atoms. The summed E-state index contributed by atoms with van der Waals surface area (Å²) >= 11 is 0. The Morgan fingerprint density at radius 1 is 0.895 bits per heavy atom. The molecule has 3 heteroatoms. The minimum atomic E-state index is -0.383. The number of ether oxygens (including phenoxy) is 2. The maximum Gasteiger partial charge on any atom is 0.171 e. The van der Waals surface area contributed by atoms with Crippen molar-refractivity contribution >= 4 is 0 Å². The third-order valence-electron chi connectivity index (χ3n) is 4.32. The largest absolute Gasteiger partial charge is 0.349 e. The maximum absolute atomic E-state index is 6.28. The second-order valence-corrected chi connectivity index (χ2v) is 8.30. The fourth-order valence-electron chi connectivity index (χ4n) is 4.06. The molecule has 0 saturated carbocycles. The topological polar surface area (TPSA) is 30.5 Å². The fraction of sp³-hybridized carbons (Fsp3) is 1.00. The van der Waals surface area contributed by atoms with Gasteiger partial charge in [-0.2, -0.15) is 0 Å². The van der Waals surface area contributed by atoms with Crippen LogP contribution in [0.1, 0.15) is 67.2 Å². The summed E-state index contributed by atoms with van der Waals surface area (Å²) in [5, 5.41) is 3.69. The lowest BCUT2D eigenvalue weighted by atomic mass is 9.77. The smallest absolute Gasteiger partial charge is 0.171 e. The van der Waals surface area contributed by atoms with Crippen molar-refractivity contribution in [2.24, 2.45) is 5.41 Å². The van der Waals surface area contributed by atoms with Crippen molar-refractivity contribution < 1.29 is 9.47 Å². The van der Waals surface area contributed by atoms with E-state index in [-0.39, 0.29) is 22.3 Å². The van der Waals surface area contributed by atoms with Crippen LogP contribution in [0.3, 0.4) is 0 Å². The van der Waals surface area contributed by atoms with Crippen LogP contribution in [-0.4, -0.2) is 30.1 Å². The van der Waals surface area contributed by atoms with E-state index < -0.39 is 0 Å². The molecule has 19 heavy (non-hydrogen) atoms. The quantitative estimate of drug-likeness (QED) is 0.832. The molecule has 3 nitrogen and oxygen atoms in total. The maximum atomic E-state index is 6.28. The zero-order valence-electron chi connectivity index (χ0n) is 13.6. The van der Waals surface area contributed by atoms with Crippen LogP contribution < -0.4 is 5.32 Å². The zero-order valence-corrected chi connectivity index (χ0v) is 13.6. The summed E-state index contributed by atoms with van der Waals surface area (Å²) in [5.74, 6) is -0.383. The molecule has 0 aliphatic carbocycles. The highest BCUT2D eigenvalue weighted by Crippen LogP contribution is 2.44. The summed E-state index contributed by atoms with van der Waals surface area (Å²) in [6, 6.07) is 0. The van der Waals surface area contributed by atoms with Gasteiger partial charge in [-0.25, -0.2) is 0 Å². The summed E-state index contributed by atoms with van der Waals surface area (Å²) in [6.45, 7) is 15.1. The molecule has 0 aromatic rings. The van der Waals surface area contributed by atoms with Gasteiger partial charge in [0.05, 0.1) is 13.2 Å². The number of hydrogen-bond acceptors (Lipinski definition) is 3. The van der Waals surface area contributed by atoms with Crippen molar-refractivity contribution in [3.8, 4) is 0 Å². The second-order valence-electron chi connectivity index (χ2n) is 8.30. The van der Waals surface area contributed by atoms with Gasteiger partial charge in [0, 0.05) is 29.3 Å². The Labute approximate surface area is 118 Å². The summed E-state index contributed by atoms with van der Waals surface area (Å²) in [6.07, 6.45) is 4.21. The van der Waals surface area contributed by atoms with Crippen LogP contribution in [0.25, 0.3) is 0 Å². The first kappa shape index (κ1) is 15.3. The molecule has 0 aromatic carbocycles. The van der Waals surface area contributed by atoms with Crippen LogP contribution in [-0.2, 0) is 9.47 Å². The summed E-state index contributed by atoms with van der Waals surface area (Å²) in [7, 11) is 0. The lowest BCUT2D eigenvalue weighted by Gasteiger charge is -2.55. The molecule has 0 atom stereocenters. The van der Waals surface area contributed by atoms with Gasteiger partial charge in [0.25, 0.3) is 0 Å². The van der Waals surface area contributed by atoms with Crippen molar-refractivity contribution in [3.05, 3.63) is 0 Å². The molecular formula is C16H31NO2. The molecule has 2 aliphatic heterocycles. The summed E-state index contributed by atoms with van der Waals surface area (Å²) < 4.78 is 12.6. The summed E-state index contributed by atoms with van der Waals surface area (Å²) in [5.41, 5.74) is 0.305. The van der Waals surface area contributed by atoms with Crippen LogP contribution in [0.5, 0.6) is 0 Å². The fourth-order valence-corrected chi connectivity index (χ4v) is 4.06. The van der Waals surface area contributed by atoms with Gasteiger partial charge in [0.2, 0.25) is 0 Å². The monoisotopic (exact) mass is 269 g/mol. The van der Waals surface area contributed by atoms with Crippen molar-refractivity contribution in [1.82, 2.24) is 5.32 Å². The van der Waals surface area contributed by atoms with E-state index in [2.05, 4.69) is 46.9 Å². The lowest BCUT2D eigenvalue weighted by molar-refractivity contribution is -0.327.